The Morgan fingerprint density at radius 1 is 1.35 bits per heavy atom. The van der Waals surface area contributed by atoms with Gasteiger partial charge in [-0.2, -0.15) is 0 Å². The van der Waals surface area contributed by atoms with Gasteiger partial charge in [0.05, 0.1) is 12.1 Å². The predicted molar refractivity (Wildman–Crippen MR) is 64.2 cm³/mol. The van der Waals surface area contributed by atoms with Gasteiger partial charge in [-0.15, -0.1) is 0 Å². The van der Waals surface area contributed by atoms with Gasteiger partial charge in [-0.05, 0) is 12.8 Å². The molecule has 1 atom stereocenters. The number of aromatic nitrogens is 3. The number of rotatable bonds is 1. The van der Waals surface area contributed by atoms with E-state index < -0.39 is 0 Å². The molecule has 0 radical (unpaired) electrons. The van der Waals surface area contributed by atoms with Crippen LogP contribution in [0.15, 0.2) is 18.6 Å². The maximum absolute atomic E-state index is 11.9. The maximum atomic E-state index is 11.9. The van der Waals surface area contributed by atoms with E-state index >= 15 is 0 Å². The molecular formula is C12H12ClN3O. The second kappa shape index (κ2) is 4.11. The van der Waals surface area contributed by atoms with Gasteiger partial charge >= 0.3 is 0 Å². The van der Waals surface area contributed by atoms with Crippen LogP contribution in [0.3, 0.4) is 0 Å². The Morgan fingerprint density at radius 2 is 2.24 bits per heavy atom. The fraction of sp³-hybridized carbons (Fsp3) is 0.417. The lowest BCUT2D eigenvalue weighted by Crippen LogP contribution is -2.19. The lowest BCUT2D eigenvalue weighted by molar-refractivity contribution is -0.122. The van der Waals surface area contributed by atoms with E-state index in [0.29, 0.717) is 11.6 Å². The van der Waals surface area contributed by atoms with Crippen LogP contribution in [0.4, 0.5) is 0 Å². The average Bonchev–Trinajstić information content (AvgIpc) is 2.75. The summed E-state index contributed by atoms with van der Waals surface area (Å²) in [5, 5.41) is 0.425. The van der Waals surface area contributed by atoms with Crippen molar-refractivity contribution in [3.8, 4) is 0 Å². The number of fused-ring (bicyclic) bond motifs is 1. The Morgan fingerprint density at radius 3 is 3.06 bits per heavy atom. The second-order valence-electron chi connectivity index (χ2n) is 4.35. The van der Waals surface area contributed by atoms with Crippen LogP contribution >= 0.6 is 11.6 Å². The minimum atomic E-state index is -0.0790. The monoisotopic (exact) mass is 249 g/mol. The molecule has 0 aromatic carbocycles. The van der Waals surface area contributed by atoms with Gasteiger partial charge in [-0.25, -0.2) is 9.97 Å². The maximum Gasteiger partial charge on any atom is 0.154 e. The van der Waals surface area contributed by atoms with Gasteiger partial charge in [0.25, 0.3) is 0 Å². The largest absolute Gasteiger partial charge is 0.299 e. The number of imidazole rings is 1. The summed E-state index contributed by atoms with van der Waals surface area (Å²) in [5.74, 6) is 1.01. The first-order valence-corrected chi connectivity index (χ1v) is 6.15. The molecule has 1 aliphatic carbocycles. The third kappa shape index (κ3) is 1.72. The van der Waals surface area contributed by atoms with Crippen LogP contribution in [0, 0.1) is 0 Å². The summed E-state index contributed by atoms with van der Waals surface area (Å²) >= 11 is 5.99. The third-order valence-corrected chi connectivity index (χ3v) is 3.60. The van der Waals surface area contributed by atoms with Crippen molar-refractivity contribution in [3.63, 3.8) is 0 Å². The van der Waals surface area contributed by atoms with Crippen molar-refractivity contribution in [3.05, 3.63) is 29.6 Å². The molecule has 1 aliphatic rings. The van der Waals surface area contributed by atoms with Gasteiger partial charge < -0.3 is 0 Å². The van der Waals surface area contributed by atoms with E-state index in [0.717, 1.165) is 30.6 Å². The topological polar surface area (TPSA) is 47.3 Å². The summed E-state index contributed by atoms with van der Waals surface area (Å²) in [5.41, 5.74) is 0.766. The first-order valence-electron chi connectivity index (χ1n) is 5.77. The van der Waals surface area contributed by atoms with Crippen molar-refractivity contribution in [2.24, 2.45) is 0 Å². The van der Waals surface area contributed by atoms with E-state index in [1.54, 1.807) is 12.4 Å². The predicted octanol–water partition coefficient (Wildman–Crippen LogP) is 2.61. The highest BCUT2D eigenvalue weighted by molar-refractivity contribution is 6.32. The summed E-state index contributed by atoms with van der Waals surface area (Å²) < 4.78 is 1.88. The molecule has 2 aromatic rings. The molecule has 1 unspecified atom stereocenters. The van der Waals surface area contributed by atoms with Crippen molar-refractivity contribution in [1.82, 2.24) is 14.4 Å². The fourth-order valence-corrected chi connectivity index (χ4v) is 2.63. The summed E-state index contributed by atoms with van der Waals surface area (Å²) in [6, 6.07) is 0. The summed E-state index contributed by atoms with van der Waals surface area (Å²) in [4.78, 5) is 20.3. The van der Waals surface area contributed by atoms with Crippen molar-refractivity contribution < 1.29 is 4.79 Å². The Kier molecular flexibility index (Phi) is 2.59. The van der Waals surface area contributed by atoms with E-state index in [9.17, 15) is 4.79 Å². The van der Waals surface area contributed by atoms with Gasteiger partial charge in [0.2, 0.25) is 0 Å². The van der Waals surface area contributed by atoms with Gasteiger partial charge in [-0.3, -0.25) is 9.20 Å². The van der Waals surface area contributed by atoms with Crippen LogP contribution in [0.5, 0.6) is 0 Å². The molecule has 3 rings (SSSR count). The molecular weight excluding hydrogens is 238 g/mol. The molecule has 0 spiro atoms. The molecule has 17 heavy (non-hydrogen) atoms. The van der Waals surface area contributed by atoms with Crippen LogP contribution in [0.2, 0.25) is 5.15 Å². The lowest BCUT2D eigenvalue weighted by atomic mass is 9.87. The fourth-order valence-electron chi connectivity index (χ4n) is 2.43. The quantitative estimate of drug-likeness (QED) is 0.781. The van der Waals surface area contributed by atoms with E-state index in [2.05, 4.69) is 9.97 Å². The Hall–Kier alpha value is -1.42. The number of nitrogens with zero attached hydrogens (tertiary/aromatic N) is 3. The average molecular weight is 250 g/mol. The highest BCUT2D eigenvalue weighted by atomic mass is 35.5. The summed E-state index contributed by atoms with van der Waals surface area (Å²) in [6.45, 7) is 0. The minimum absolute atomic E-state index is 0.0790. The van der Waals surface area contributed by atoms with Gasteiger partial charge in [0, 0.05) is 18.8 Å². The lowest BCUT2D eigenvalue weighted by Gasteiger charge is -2.19. The van der Waals surface area contributed by atoms with Crippen LogP contribution < -0.4 is 0 Å². The SMILES string of the molecule is O=C1CCCCC1c1ncc2c(Cl)nccn12. The zero-order valence-electron chi connectivity index (χ0n) is 9.27. The number of carbonyl (C=O) groups is 1. The Balaban J connectivity index is 2.11. The zero-order valence-corrected chi connectivity index (χ0v) is 10.0. The summed E-state index contributed by atoms with van der Waals surface area (Å²) in [7, 11) is 0. The molecule has 0 aliphatic heterocycles. The number of carbonyl (C=O) groups excluding carboxylic acids is 1. The van der Waals surface area contributed by atoms with Crippen molar-refractivity contribution in [2.45, 2.75) is 31.6 Å². The molecule has 1 saturated carbocycles. The van der Waals surface area contributed by atoms with Crippen molar-refractivity contribution >= 4 is 22.9 Å². The number of hydrogen-bond donors (Lipinski definition) is 0. The highest BCUT2D eigenvalue weighted by Gasteiger charge is 2.27. The number of Topliss-reactive ketones (excluding diaryl/α,β-unsaturated/α-hetero) is 1. The summed E-state index contributed by atoms with van der Waals surface area (Å²) in [6.07, 6.45) is 8.77. The Labute approximate surface area is 104 Å². The molecule has 4 nitrogen and oxygen atoms in total. The smallest absolute Gasteiger partial charge is 0.154 e. The van der Waals surface area contributed by atoms with E-state index in [4.69, 9.17) is 11.6 Å². The van der Waals surface area contributed by atoms with E-state index in [1.165, 1.54) is 0 Å². The molecule has 2 heterocycles. The third-order valence-electron chi connectivity index (χ3n) is 3.31. The first kappa shape index (κ1) is 10.7. The first-order chi connectivity index (χ1) is 8.27. The number of halogens is 1. The molecule has 0 saturated heterocycles. The number of ketones is 1. The molecule has 2 aromatic heterocycles. The minimum Gasteiger partial charge on any atom is -0.299 e. The highest BCUT2D eigenvalue weighted by Crippen LogP contribution is 2.30. The van der Waals surface area contributed by atoms with Crippen LogP contribution in [-0.2, 0) is 4.79 Å². The normalized spacial score (nSPS) is 21.0. The molecule has 88 valence electrons. The molecule has 0 N–H and O–H groups in total. The van der Waals surface area contributed by atoms with Crippen molar-refractivity contribution in [1.29, 1.82) is 0 Å². The van der Waals surface area contributed by atoms with Crippen molar-refractivity contribution in [2.75, 3.05) is 0 Å². The molecule has 1 fully saturated rings. The Bertz CT molecular complexity index is 578. The van der Waals surface area contributed by atoms with Crippen LogP contribution in [-0.4, -0.2) is 20.2 Å². The van der Waals surface area contributed by atoms with E-state index in [-0.39, 0.29) is 11.7 Å². The number of hydrogen-bond acceptors (Lipinski definition) is 3. The zero-order chi connectivity index (χ0) is 11.8. The van der Waals surface area contributed by atoms with E-state index in [1.807, 2.05) is 10.6 Å². The van der Waals surface area contributed by atoms with Crippen LogP contribution in [0.1, 0.15) is 37.4 Å². The standard InChI is InChI=1S/C12H12ClN3O/c13-11-9-7-15-12(16(9)6-5-14-11)8-3-1-2-4-10(8)17/h5-8H,1-4H2. The molecule has 5 heteroatoms. The van der Waals surface area contributed by atoms with Gasteiger partial charge in [-0.1, -0.05) is 18.0 Å². The van der Waals surface area contributed by atoms with Crippen LogP contribution in [0.25, 0.3) is 5.52 Å². The second-order valence-corrected chi connectivity index (χ2v) is 4.71. The van der Waals surface area contributed by atoms with Gasteiger partial charge in [0.15, 0.2) is 5.15 Å². The molecule has 0 bridgehead atoms. The molecule has 0 amide bonds. The van der Waals surface area contributed by atoms with Gasteiger partial charge in [0.1, 0.15) is 17.1 Å².